The molecule has 3 rings (SSSR count). The van der Waals surface area contributed by atoms with Gasteiger partial charge in [-0.05, 0) is 44.3 Å². The number of hydrogen-bond acceptors (Lipinski definition) is 9. The number of esters is 1. The van der Waals surface area contributed by atoms with Gasteiger partial charge in [-0.15, -0.1) is 11.3 Å². The van der Waals surface area contributed by atoms with E-state index in [0.29, 0.717) is 25.7 Å². The highest BCUT2D eigenvalue weighted by molar-refractivity contribution is 7.09. The molecule has 0 aromatic carbocycles. The summed E-state index contributed by atoms with van der Waals surface area (Å²) < 4.78 is 11.8. The van der Waals surface area contributed by atoms with Crippen LogP contribution in [0.4, 0.5) is 0 Å². The van der Waals surface area contributed by atoms with Crippen molar-refractivity contribution in [1.29, 1.82) is 0 Å². The van der Waals surface area contributed by atoms with Gasteiger partial charge in [0.05, 0.1) is 47.5 Å². The lowest BCUT2D eigenvalue weighted by molar-refractivity contribution is -0.154. The van der Waals surface area contributed by atoms with Crippen LogP contribution in [-0.4, -0.2) is 68.7 Å². The number of fused-ring (bicyclic) bond motifs is 1. The van der Waals surface area contributed by atoms with Crippen molar-refractivity contribution in [3.8, 4) is 0 Å². The summed E-state index contributed by atoms with van der Waals surface area (Å²) in [5.74, 6) is -1.77. The van der Waals surface area contributed by atoms with Crippen molar-refractivity contribution in [2.45, 2.75) is 104 Å². The zero-order chi connectivity index (χ0) is 26.8. The number of carbonyl (C=O) groups is 2. The summed E-state index contributed by atoms with van der Waals surface area (Å²) in [5, 5.41) is 34.7. The van der Waals surface area contributed by atoms with E-state index >= 15 is 0 Å². The topological polar surface area (TPSA) is 129 Å². The van der Waals surface area contributed by atoms with Crippen LogP contribution < -0.4 is 0 Å². The summed E-state index contributed by atoms with van der Waals surface area (Å²) in [6, 6.07) is 0. The van der Waals surface area contributed by atoms with Gasteiger partial charge in [0.15, 0.2) is 0 Å². The van der Waals surface area contributed by atoms with Gasteiger partial charge in [-0.3, -0.25) is 9.59 Å². The Morgan fingerprint density at radius 2 is 1.97 bits per heavy atom. The number of hydrogen-bond donors (Lipinski definition) is 3. The number of rotatable bonds is 3. The Labute approximate surface area is 217 Å². The third-order valence-corrected chi connectivity index (χ3v) is 8.78. The van der Waals surface area contributed by atoms with Gasteiger partial charge in [0.2, 0.25) is 0 Å². The number of aliphatic hydroxyl groups excluding tert-OH is 3. The number of cyclic esters (lactones) is 1. The predicted molar refractivity (Wildman–Crippen MR) is 137 cm³/mol. The number of ketones is 1. The highest BCUT2D eigenvalue weighted by atomic mass is 32.1. The number of aliphatic hydroxyl groups is 3. The fourth-order valence-corrected chi connectivity index (χ4v) is 5.73. The Morgan fingerprint density at radius 1 is 1.28 bits per heavy atom. The number of aryl methyl sites for hydroxylation is 1. The van der Waals surface area contributed by atoms with Gasteiger partial charge >= 0.3 is 5.97 Å². The highest BCUT2D eigenvalue weighted by Gasteiger charge is 2.56. The number of aromatic nitrogens is 1. The van der Waals surface area contributed by atoms with Crippen LogP contribution in [0.15, 0.2) is 11.0 Å². The van der Waals surface area contributed by atoms with Gasteiger partial charge in [0.25, 0.3) is 0 Å². The van der Waals surface area contributed by atoms with Gasteiger partial charge in [-0.1, -0.05) is 34.1 Å². The second-order valence-corrected chi connectivity index (χ2v) is 12.2. The van der Waals surface area contributed by atoms with Crippen molar-refractivity contribution in [2.24, 2.45) is 17.3 Å². The van der Waals surface area contributed by atoms with Crippen LogP contribution in [0.1, 0.15) is 77.4 Å². The van der Waals surface area contributed by atoms with Crippen molar-refractivity contribution < 1.29 is 34.4 Å². The van der Waals surface area contributed by atoms with Crippen molar-refractivity contribution in [1.82, 2.24) is 4.98 Å². The minimum Gasteiger partial charge on any atom is -0.458 e. The summed E-state index contributed by atoms with van der Waals surface area (Å²) in [5.41, 5.74) is -0.378. The number of ether oxygens (including phenoxy) is 2. The first kappa shape index (κ1) is 28.9. The third kappa shape index (κ3) is 6.42. The summed E-state index contributed by atoms with van der Waals surface area (Å²) in [4.78, 5) is 30.6. The molecule has 202 valence electrons. The van der Waals surface area contributed by atoms with E-state index in [4.69, 9.17) is 9.47 Å². The van der Waals surface area contributed by atoms with E-state index in [2.05, 4.69) is 4.98 Å². The van der Waals surface area contributed by atoms with E-state index < -0.39 is 41.2 Å². The van der Waals surface area contributed by atoms with Gasteiger partial charge in [0, 0.05) is 17.7 Å². The molecular weight excluding hydrogens is 482 g/mol. The van der Waals surface area contributed by atoms with Crippen LogP contribution in [-0.2, 0) is 19.1 Å². The lowest BCUT2D eigenvalue weighted by Gasteiger charge is -2.34. The molecule has 3 N–H and O–H groups in total. The van der Waals surface area contributed by atoms with E-state index in [-0.39, 0.29) is 30.8 Å². The van der Waals surface area contributed by atoms with Crippen molar-refractivity contribution in [2.75, 3.05) is 6.61 Å². The molecular formula is C27H41NO7S. The Morgan fingerprint density at radius 3 is 2.58 bits per heavy atom. The van der Waals surface area contributed by atoms with Crippen LogP contribution in [0.5, 0.6) is 0 Å². The second kappa shape index (κ2) is 11.4. The molecule has 0 saturated carbocycles. The molecule has 7 atom stereocenters. The Bertz CT molecular complexity index is 973. The third-order valence-electron chi connectivity index (χ3n) is 7.99. The average molecular weight is 524 g/mol. The SMILES string of the molecule is C/C(=C\c1csc(C)n1)[C@@H]1C[C@@H]2O[C@]2(CO)CCC[C@H](C)[C@H](O)[C@@H](C)C(=O)C(C)(C)[C@@H](O)CC(=O)O1. The normalized spacial score (nSPS) is 36.8. The van der Waals surface area contributed by atoms with Crippen LogP contribution in [0, 0.1) is 24.2 Å². The van der Waals surface area contributed by atoms with Gasteiger partial charge in [-0.25, -0.2) is 4.98 Å². The minimum atomic E-state index is -1.27. The first-order valence-electron chi connectivity index (χ1n) is 12.8. The Kier molecular flexibility index (Phi) is 9.15. The van der Waals surface area contributed by atoms with E-state index in [1.165, 1.54) is 11.3 Å². The fraction of sp³-hybridized carbons (Fsp3) is 0.741. The summed E-state index contributed by atoms with van der Waals surface area (Å²) in [7, 11) is 0. The maximum atomic E-state index is 13.2. The van der Waals surface area contributed by atoms with Crippen molar-refractivity contribution >= 4 is 29.2 Å². The molecule has 0 amide bonds. The van der Waals surface area contributed by atoms with E-state index in [0.717, 1.165) is 16.3 Å². The number of nitrogens with zero attached hydrogens (tertiary/aromatic N) is 1. The van der Waals surface area contributed by atoms with Crippen LogP contribution >= 0.6 is 11.3 Å². The highest BCUT2D eigenvalue weighted by Crippen LogP contribution is 2.45. The molecule has 3 heterocycles. The number of epoxide rings is 1. The minimum absolute atomic E-state index is 0.148. The molecule has 1 aromatic heterocycles. The number of carbonyl (C=O) groups excluding carboxylic acids is 2. The molecule has 1 aromatic rings. The molecule has 2 saturated heterocycles. The molecule has 0 bridgehead atoms. The van der Waals surface area contributed by atoms with E-state index in [1.54, 1.807) is 20.8 Å². The molecule has 36 heavy (non-hydrogen) atoms. The monoisotopic (exact) mass is 523 g/mol. The van der Waals surface area contributed by atoms with E-state index in [1.807, 2.05) is 32.2 Å². The molecule has 2 aliphatic rings. The maximum absolute atomic E-state index is 13.2. The average Bonchev–Trinajstić information content (AvgIpc) is 3.35. The van der Waals surface area contributed by atoms with Crippen molar-refractivity contribution in [3.63, 3.8) is 0 Å². The van der Waals surface area contributed by atoms with Gasteiger partial charge in [0.1, 0.15) is 17.5 Å². The molecule has 0 unspecified atom stereocenters. The summed E-state index contributed by atoms with van der Waals surface area (Å²) in [6.45, 7) is 10.4. The van der Waals surface area contributed by atoms with E-state index in [9.17, 15) is 24.9 Å². The Hall–Kier alpha value is -1.65. The standard InChI is InChI=1S/C27H41NO7S/c1-15-8-7-9-27(14-29)22(35-27)11-20(16(2)10-19-13-36-18(4)28-19)34-23(31)12-21(30)26(5,6)25(33)17(3)24(15)32/h10,13,15,17,20-22,24,29-30,32H,7-9,11-12,14H2,1-6H3/b16-10+/t15-,17+,20-,21-,22-,24-,27-/m0/s1. The quantitative estimate of drug-likeness (QED) is 0.406. The summed E-state index contributed by atoms with van der Waals surface area (Å²) in [6.07, 6.45) is 0.807. The molecule has 0 spiro atoms. The molecule has 8 nitrogen and oxygen atoms in total. The van der Waals surface area contributed by atoms with Gasteiger partial charge < -0.3 is 24.8 Å². The predicted octanol–water partition coefficient (Wildman–Crippen LogP) is 3.45. The van der Waals surface area contributed by atoms with Crippen LogP contribution in [0.25, 0.3) is 6.08 Å². The molecule has 0 aliphatic carbocycles. The van der Waals surface area contributed by atoms with Gasteiger partial charge in [-0.2, -0.15) is 0 Å². The first-order chi connectivity index (χ1) is 16.8. The smallest absolute Gasteiger partial charge is 0.309 e. The molecule has 2 aliphatic heterocycles. The van der Waals surface area contributed by atoms with Crippen LogP contribution in [0.3, 0.4) is 0 Å². The number of thiazole rings is 1. The largest absolute Gasteiger partial charge is 0.458 e. The zero-order valence-corrected chi connectivity index (χ0v) is 23.0. The lowest BCUT2D eigenvalue weighted by Crippen LogP contribution is -2.45. The van der Waals surface area contributed by atoms with Crippen LogP contribution in [0.2, 0.25) is 0 Å². The molecule has 9 heteroatoms. The first-order valence-corrected chi connectivity index (χ1v) is 13.7. The summed E-state index contributed by atoms with van der Waals surface area (Å²) >= 11 is 1.53. The zero-order valence-electron chi connectivity index (χ0n) is 22.2. The van der Waals surface area contributed by atoms with Crippen molar-refractivity contribution in [3.05, 3.63) is 21.7 Å². The number of Topliss-reactive ketones (excluding diaryl/α,β-unsaturated/α-hetero) is 1. The Balaban J connectivity index is 1.88. The lowest BCUT2D eigenvalue weighted by atomic mass is 9.73. The maximum Gasteiger partial charge on any atom is 0.309 e. The fourth-order valence-electron chi connectivity index (χ4n) is 5.16. The molecule has 2 fully saturated rings. The molecule has 0 radical (unpaired) electrons. The second-order valence-electron chi connectivity index (χ2n) is 11.2.